The van der Waals surface area contributed by atoms with Crippen LogP contribution in [0, 0.1) is 0 Å². The molecule has 0 bridgehead atoms. The van der Waals surface area contributed by atoms with Crippen molar-refractivity contribution in [3.63, 3.8) is 0 Å². The largest absolute Gasteiger partial charge is 0.366 e. The fraction of sp³-hybridized carbons (Fsp3) is 0.385. The lowest BCUT2D eigenvalue weighted by molar-refractivity contribution is 0.0430. The fourth-order valence-electron chi connectivity index (χ4n) is 2.37. The van der Waals surface area contributed by atoms with Gasteiger partial charge < -0.3 is 4.74 Å². The molecule has 0 radical (unpaired) electrons. The van der Waals surface area contributed by atoms with Crippen LogP contribution in [-0.2, 0) is 14.8 Å². The standard InChI is InChI=1S/C13H15ClN4O3S/c14-10-3-1-2-4-12(10)22(19,20)17-7-9-5-6-11(21-9)13-15-8-16-18-13/h1-4,8-9,11,17H,5-7H2,(H,15,16,18)/t9-,11+/m1/s1. The first kappa shape index (κ1) is 15.4. The van der Waals surface area contributed by atoms with Crippen LogP contribution in [0.5, 0.6) is 0 Å². The van der Waals surface area contributed by atoms with Crippen molar-refractivity contribution in [2.24, 2.45) is 0 Å². The first-order valence-corrected chi connectivity index (χ1v) is 8.67. The third-order valence-corrected chi connectivity index (χ3v) is 5.40. The van der Waals surface area contributed by atoms with Crippen molar-refractivity contribution in [1.29, 1.82) is 0 Å². The maximum absolute atomic E-state index is 12.2. The molecule has 2 atom stereocenters. The van der Waals surface area contributed by atoms with Gasteiger partial charge in [0.2, 0.25) is 10.0 Å². The van der Waals surface area contributed by atoms with Crippen molar-refractivity contribution in [2.45, 2.75) is 29.9 Å². The van der Waals surface area contributed by atoms with Crippen LogP contribution in [0.4, 0.5) is 0 Å². The van der Waals surface area contributed by atoms with E-state index in [1.54, 1.807) is 18.2 Å². The Labute approximate surface area is 133 Å². The molecular weight excluding hydrogens is 328 g/mol. The van der Waals surface area contributed by atoms with Crippen LogP contribution in [0.15, 0.2) is 35.5 Å². The summed E-state index contributed by atoms with van der Waals surface area (Å²) in [4.78, 5) is 4.12. The van der Waals surface area contributed by atoms with Crippen molar-refractivity contribution in [3.05, 3.63) is 41.4 Å². The normalized spacial score (nSPS) is 22.0. The Hall–Kier alpha value is -1.48. The van der Waals surface area contributed by atoms with Gasteiger partial charge in [0.05, 0.1) is 11.1 Å². The molecule has 0 amide bonds. The van der Waals surface area contributed by atoms with Crippen LogP contribution in [0.3, 0.4) is 0 Å². The lowest BCUT2D eigenvalue weighted by atomic mass is 10.2. The van der Waals surface area contributed by atoms with Crippen molar-refractivity contribution in [2.75, 3.05) is 6.54 Å². The van der Waals surface area contributed by atoms with E-state index in [0.717, 1.165) is 12.8 Å². The van der Waals surface area contributed by atoms with E-state index >= 15 is 0 Å². The minimum Gasteiger partial charge on any atom is -0.366 e. The van der Waals surface area contributed by atoms with Gasteiger partial charge in [-0.2, -0.15) is 5.10 Å². The molecule has 1 saturated heterocycles. The van der Waals surface area contributed by atoms with Crippen molar-refractivity contribution < 1.29 is 13.2 Å². The molecule has 2 N–H and O–H groups in total. The molecule has 118 valence electrons. The Kier molecular flexibility index (Phi) is 4.44. The first-order chi connectivity index (χ1) is 10.6. The molecule has 0 unspecified atom stereocenters. The maximum atomic E-state index is 12.2. The van der Waals surface area contributed by atoms with E-state index in [-0.39, 0.29) is 28.7 Å². The number of benzene rings is 1. The molecular formula is C13H15ClN4O3S. The molecule has 0 saturated carbocycles. The van der Waals surface area contributed by atoms with Gasteiger partial charge >= 0.3 is 0 Å². The fourth-order valence-corrected chi connectivity index (χ4v) is 3.95. The third-order valence-electron chi connectivity index (χ3n) is 3.47. The highest BCUT2D eigenvalue weighted by atomic mass is 35.5. The van der Waals surface area contributed by atoms with Gasteiger partial charge in [0, 0.05) is 6.54 Å². The number of ether oxygens (including phenoxy) is 1. The summed E-state index contributed by atoms with van der Waals surface area (Å²) in [6.07, 6.45) is 2.57. The van der Waals surface area contributed by atoms with Gasteiger partial charge in [-0.1, -0.05) is 23.7 Å². The molecule has 9 heteroatoms. The van der Waals surface area contributed by atoms with Gasteiger partial charge in [-0.05, 0) is 25.0 Å². The lowest BCUT2D eigenvalue weighted by Crippen LogP contribution is -2.32. The number of aromatic amines is 1. The zero-order chi connectivity index (χ0) is 15.6. The summed E-state index contributed by atoms with van der Waals surface area (Å²) in [7, 11) is -3.65. The molecule has 2 heterocycles. The number of hydrogen-bond donors (Lipinski definition) is 2. The van der Waals surface area contributed by atoms with E-state index in [0.29, 0.717) is 5.82 Å². The van der Waals surface area contributed by atoms with E-state index in [1.165, 1.54) is 12.4 Å². The molecule has 1 aliphatic rings. The number of rotatable bonds is 5. The highest BCUT2D eigenvalue weighted by Crippen LogP contribution is 2.30. The molecule has 0 spiro atoms. The Morgan fingerprint density at radius 2 is 2.18 bits per heavy atom. The average Bonchev–Trinajstić information content (AvgIpc) is 3.17. The average molecular weight is 343 g/mol. The summed E-state index contributed by atoms with van der Waals surface area (Å²) in [5.41, 5.74) is 0. The van der Waals surface area contributed by atoms with Crippen molar-refractivity contribution in [1.82, 2.24) is 19.9 Å². The predicted molar refractivity (Wildman–Crippen MR) is 79.9 cm³/mol. The van der Waals surface area contributed by atoms with Crippen molar-refractivity contribution in [3.8, 4) is 0 Å². The number of aromatic nitrogens is 3. The van der Waals surface area contributed by atoms with E-state index < -0.39 is 10.0 Å². The number of hydrogen-bond acceptors (Lipinski definition) is 5. The van der Waals surface area contributed by atoms with Crippen LogP contribution < -0.4 is 4.72 Å². The lowest BCUT2D eigenvalue weighted by Gasteiger charge is -2.13. The highest BCUT2D eigenvalue weighted by Gasteiger charge is 2.29. The maximum Gasteiger partial charge on any atom is 0.242 e. The van der Waals surface area contributed by atoms with Crippen LogP contribution in [0.25, 0.3) is 0 Å². The summed E-state index contributed by atoms with van der Waals surface area (Å²) in [6, 6.07) is 6.33. The number of halogens is 1. The SMILES string of the molecule is O=S(=O)(NC[C@H]1CC[C@@H](c2ncn[nH]2)O1)c1ccccc1Cl. The second kappa shape index (κ2) is 6.33. The van der Waals surface area contributed by atoms with Crippen molar-refractivity contribution >= 4 is 21.6 Å². The molecule has 1 aliphatic heterocycles. The van der Waals surface area contributed by atoms with Gasteiger partial charge in [-0.25, -0.2) is 18.1 Å². The summed E-state index contributed by atoms with van der Waals surface area (Å²) in [5, 5.41) is 6.74. The molecule has 22 heavy (non-hydrogen) atoms. The molecule has 2 aromatic rings. The Morgan fingerprint density at radius 3 is 2.91 bits per heavy atom. The van der Waals surface area contributed by atoms with E-state index in [2.05, 4.69) is 19.9 Å². The Balaban J connectivity index is 1.60. The summed E-state index contributed by atoms with van der Waals surface area (Å²) < 4.78 is 32.8. The van der Waals surface area contributed by atoms with E-state index in [4.69, 9.17) is 16.3 Å². The minimum absolute atomic E-state index is 0.0708. The monoisotopic (exact) mass is 342 g/mol. The summed E-state index contributed by atoms with van der Waals surface area (Å²) in [5.74, 6) is 0.663. The zero-order valence-electron chi connectivity index (χ0n) is 11.6. The topological polar surface area (TPSA) is 97.0 Å². The van der Waals surface area contributed by atoms with E-state index in [9.17, 15) is 8.42 Å². The predicted octanol–water partition coefficient (Wildman–Crippen LogP) is 1.66. The smallest absolute Gasteiger partial charge is 0.242 e. The van der Waals surface area contributed by atoms with Crippen LogP contribution in [0.1, 0.15) is 24.8 Å². The van der Waals surface area contributed by atoms with E-state index in [1.807, 2.05) is 0 Å². The van der Waals surface area contributed by atoms with Gasteiger partial charge in [-0.3, -0.25) is 5.10 Å². The van der Waals surface area contributed by atoms with Gasteiger partial charge in [0.1, 0.15) is 17.3 Å². The van der Waals surface area contributed by atoms with Gasteiger partial charge in [-0.15, -0.1) is 0 Å². The number of nitrogens with zero attached hydrogens (tertiary/aromatic N) is 2. The molecule has 1 aromatic carbocycles. The Morgan fingerprint density at radius 1 is 1.36 bits per heavy atom. The summed E-state index contributed by atoms with van der Waals surface area (Å²) in [6.45, 7) is 0.193. The second-order valence-corrected chi connectivity index (χ2v) is 7.12. The molecule has 1 fully saturated rings. The molecule has 0 aliphatic carbocycles. The van der Waals surface area contributed by atoms with Gasteiger partial charge in [0.25, 0.3) is 0 Å². The zero-order valence-corrected chi connectivity index (χ0v) is 13.1. The Bertz CT molecular complexity index is 736. The molecule has 3 rings (SSSR count). The quantitative estimate of drug-likeness (QED) is 0.861. The second-order valence-electron chi connectivity index (χ2n) is 4.98. The molecule has 1 aromatic heterocycles. The first-order valence-electron chi connectivity index (χ1n) is 6.81. The molecule has 7 nitrogen and oxygen atoms in total. The van der Waals surface area contributed by atoms with Gasteiger partial charge in [0.15, 0.2) is 5.82 Å². The number of sulfonamides is 1. The van der Waals surface area contributed by atoms with Crippen LogP contribution in [0.2, 0.25) is 5.02 Å². The number of nitrogens with one attached hydrogen (secondary N) is 2. The number of H-pyrrole nitrogens is 1. The minimum atomic E-state index is -3.65. The van der Waals surface area contributed by atoms with Crippen LogP contribution >= 0.6 is 11.6 Å². The summed E-state index contributed by atoms with van der Waals surface area (Å²) >= 11 is 5.93. The third kappa shape index (κ3) is 3.30. The highest BCUT2D eigenvalue weighted by molar-refractivity contribution is 7.89. The van der Waals surface area contributed by atoms with Crippen LogP contribution in [-0.4, -0.2) is 36.2 Å².